The zero-order chi connectivity index (χ0) is 15.3. The molecule has 0 aliphatic carbocycles. The van der Waals surface area contributed by atoms with Crippen molar-refractivity contribution in [1.29, 1.82) is 0 Å². The number of thioether (sulfide) groups is 1. The smallest absolute Gasteiger partial charge is 0.288 e. The average molecular weight is 314 g/mol. The fourth-order valence-corrected chi connectivity index (χ4v) is 3.22. The van der Waals surface area contributed by atoms with Crippen molar-refractivity contribution in [1.82, 2.24) is 5.32 Å². The number of carbonyl (C=O) groups is 1. The molecule has 1 aliphatic rings. The largest absolute Gasteiger partial charge is 0.324 e. The van der Waals surface area contributed by atoms with Crippen LogP contribution in [-0.4, -0.2) is 23.7 Å². The fraction of sp³-hybridized carbons (Fsp3) is 0.533. The molecule has 0 aromatic heterocycles. The van der Waals surface area contributed by atoms with E-state index < -0.39 is 11.3 Å². The van der Waals surface area contributed by atoms with Crippen molar-refractivity contribution in [2.24, 2.45) is 0 Å². The molecule has 1 aromatic rings. The number of nitrogens with one attached hydrogen (secondary N) is 2. The molecule has 2 N–H and O–H groups in total. The van der Waals surface area contributed by atoms with Gasteiger partial charge in [-0.3, -0.25) is 4.79 Å². The van der Waals surface area contributed by atoms with Gasteiger partial charge in [-0.15, -0.1) is 0 Å². The Bertz CT molecular complexity index is 473. The van der Waals surface area contributed by atoms with Crippen LogP contribution in [0.2, 0.25) is 0 Å². The van der Waals surface area contributed by atoms with Gasteiger partial charge in [-0.2, -0.15) is 8.78 Å². The van der Waals surface area contributed by atoms with E-state index >= 15 is 0 Å². The van der Waals surface area contributed by atoms with Crippen LogP contribution in [0.15, 0.2) is 29.2 Å². The molecule has 6 heteroatoms. The molecule has 1 amide bonds. The summed E-state index contributed by atoms with van der Waals surface area (Å²) in [6.07, 6.45) is 3.58. The number of anilines is 1. The Morgan fingerprint density at radius 3 is 2.67 bits per heavy atom. The zero-order valence-electron chi connectivity index (χ0n) is 12.0. The lowest BCUT2D eigenvalue weighted by Gasteiger charge is -2.27. The highest BCUT2D eigenvalue weighted by molar-refractivity contribution is 7.99. The summed E-state index contributed by atoms with van der Waals surface area (Å²) in [4.78, 5) is 13.0. The lowest BCUT2D eigenvalue weighted by Crippen LogP contribution is -2.50. The second-order valence-corrected chi connectivity index (χ2v) is 6.28. The van der Waals surface area contributed by atoms with Gasteiger partial charge in [-0.25, -0.2) is 0 Å². The number of benzene rings is 1. The van der Waals surface area contributed by atoms with Gasteiger partial charge in [-0.1, -0.05) is 25.1 Å². The van der Waals surface area contributed by atoms with Gasteiger partial charge in [-0.05, 0) is 50.1 Å². The van der Waals surface area contributed by atoms with Gasteiger partial charge >= 0.3 is 0 Å². The summed E-state index contributed by atoms with van der Waals surface area (Å²) in [5.41, 5.74) is 0.160. The second kappa shape index (κ2) is 7.22. The number of halogens is 2. The van der Waals surface area contributed by atoms with Gasteiger partial charge in [0.15, 0.2) is 0 Å². The minimum Gasteiger partial charge on any atom is -0.324 e. The van der Waals surface area contributed by atoms with Crippen molar-refractivity contribution in [2.75, 3.05) is 11.9 Å². The van der Waals surface area contributed by atoms with Crippen molar-refractivity contribution in [3.63, 3.8) is 0 Å². The Kier molecular flexibility index (Phi) is 5.58. The Balaban J connectivity index is 2.01. The van der Waals surface area contributed by atoms with E-state index in [-0.39, 0.29) is 5.91 Å². The summed E-state index contributed by atoms with van der Waals surface area (Å²) in [6.45, 7) is 2.92. The number of carbonyl (C=O) groups excluding carboxylic acids is 1. The summed E-state index contributed by atoms with van der Waals surface area (Å²) in [5, 5.41) is 6.21. The highest BCUT2D eigenvalue weighted by Crippen LogP contribution is 2.28. The summed E-state index contributed by atoms with van der Waals surface area (Å²) >= 11 is 0.500. The monoisotopic (exact) mass is 314 g/mol. The molecule has 0 saturated carbocycles. The third-order valence-electron chi connectivity index (χ3n) is 3.69. The quantitative estimate of drug-likeness (QED) is 0.783. The number of hydrogen-bond acceptors (Lipinski definition) is 3. The summed E-state index contributed by atoms with van der Waals surface area (Å²) in [6, 6.07) is 6.52. The molecule has 1 atom stereocenters. The van der Waals surface area contributed by atoms with Crippen LogP contribution in [0.1, 0.15) is 32.6 Å². The molecule has 1 saturated heterocycles. The van der Waals surface area contributed by atoms with E-state index in [2.05, 4.69) is 17.6 Å². The van der Waals surface area contributed by atoms with Crippen molar-refractivity contribution in [3.05, 3.63) is 24.3 Å². The normalized spacial score (nSPS) is 21.7. The van der Waals surface area contributed by atoms with Gasteiger partial charge < -0.3 is 10.6 Å². The lowest BCUT2D eigenvalue weighted by atomic mass is 9.91. The van der Waals surface area contributed by atoms with Crippen LogP contribution in [0.25, 0.3) is 0 Å². The molecule has 3 nitrogen and oxygen atoms in total. The number of amides is 1. The maximum atomic E-state index is 12.5. The molecule has 116 valence electrons. The minimum atomic E-state index is -2.43. The zero-order valence-corrected chi connectivity index (χ0v) is 12.8. The molecule has 0 spiro atoms. The number of rotatable bonds is 6. The highest BCUT2D eigenvalue weighted by atomic mass is 32.2. The standard InChI is InChI=1S/C15H20F2N2OS/c1-2-8-15(9-3-10-18-15)13(20)19-11-4-6-12(7-5-11)21-14(16)17/h4-7,14,18H,2-3,8-10H2,1H3,(H,19,20). The second-order valence-electron chi connectivity index (χ2n) is 5.22. The summed E-state index contributed by atoms with van der Waals surface area (Å²) < 4.78 is 24.5. The Hall–Kier alpha value is -1.14. The van der Waals surface area contributed by atoms with Crippen LogP contribution in [0, 0.1) is 0 Å². The van der Waals surface area contributed by atoms with Crippen LogP contribution < -0.4 is 10.6 Å². The molecule has 0 radical (unpaired) electrons. The summed E-state index contributed by atoms with van der Waals surface area (Å²) in [7, 11) is 0. The van der Waals surface area contributed by atoms with Crippen molar-refractivity contribution in [2.45, 2.75) is 48.8 Å². The molecular formula is C15H20F2N2OS. The molecule has 1 aromatic carbocycles. The van der Waals surface area contributed by atoms with Crippen LogP contribution in [-0.2, 0) is 4.79 Å². The van der Waals surface area contributed by atoms with Crippen LogP contribution in [0.3, 0.4) is 0 Å². The first-order chi connectivity index (χ1) is 10.1. The van der Waals surface area contributed by atoms with E-state index in [0.29, 0.717) is 22.3 Å². The van der Waals surface area contributed by atoms with Crippen LogP contribution in [0.5, 0.6) is 0 Å². The first-order valence-electron chi connectivity index (χ1n) is 7.17. The third-order valence-corrected chi connectivity index (χ3v) is 4.42. The molecule has 1 unspecified atom stereocenters. The Labute approximate surface area is 127 Å². The van der Waals surface area contributed by atoms with Crippen LogP contribution >= 0.6 is 11.8 Å². The van der Waals surface area contributed by atoms with Gasteiger partial charge in [0.25, 0.3) is 5.76 Å². The average Bonchev–Trinajstić information content (AvgIpc) is 2.91. The first-order valence-corrected chi connectivity index (χ1v) is 8.05. The number of hydrogen-bond donors (Lipinski definition) is 2. The highest BCUT2D eigenvalue weighted by Gasteiger charge is 2.39. The van der Waals surface area contributed by atoms with Gasteiger partial charge in [0.05, 0.1) is 5.54 Å². The van der Waals surface area contributed by atoms with E-state index in [1.54, 1.807) is 24.3 Å². The van der Waals surface area contributed by atoms with E-state index in [1.165, 1.54) is 0 Å². The van der Waals surface area contributed by atoms with E-state index in [9.17, 15) is 13.6 Å². The van der Waals surface area contributed by atoms with Crippen molar-refractivity contribution >= 4 is 23.4 Å². The molecule has 1 fully saturated rings. The predicted molar refractivity (Wildman–Crippen MR) is 81.8 cm³/mol. The maximum Gasteiger partial charge on any atom is 0.288 e. The summed E-state index contributed by atoms with van der Waals surface area (Å²) in [5.74, 6) is -2.46. The fourth-order valence-electron chi connectivity index (χ4n) is 2.72. The number of alkyl halides is 2. The van der Waals surface area contributed by atoms with Gasteiger partial charge in [0.2, 0.25) is 5.91 Å². The molecule has 2 rings (SSSR count). The van der Waals surface area contributed by atoms with Crippen molar-refractivity contribution < 1.29 is 13.6 Å². The molecular weight excluding hydrogens is 294 g/mol. The van der Waals surface area contributed by atoms with E-state index in [4.69, 9.17) is 0 Å². The van der Waals surface area contributed by atoms with Gasteiger partial charge in [0, 0.05) is 10.6 Å². The van der Waals surface area contributed by atoms with Crippen molar-refractivity contribution in [3.8, 4) is 0 Å². The SMILES string of the molecule is CCCC1(C(=O)Nc2ccc(SC(F)F)cc2)CCCN1. The van der Waals surface area contributed by atoms with E-state index in [0.717, 1.165) is 32.2 Å². The molecule has 1 heterocycles. The Morgan fingerprint density at radius 2 is 2.14 bits per heavy atom. The van der Waals surface area contributed by atoms with E-state index in [1.807, 2.05) is 0 Å². The third kappa shape index (κ3) is 4.17. The molecule has 0 bridgehead atoms. The molecule has 1 aliphatic heterocycles. The molecule has 21 heavy (non-hydrogen) atoms. The Morgan fingerprint density at radius 1 is 1.43 bits per heavy atom. The van der Waals surface area contributed by atoms with Crippen LogP contribution in [0.4, 0.5) is 14.5 Å². The first kappa shape index (κ1) is 16.2. The lowest BCUT2D eigenvalue weighted by molar-refractivity contribution is -0.122. The minimum absolute atomic E-state index is 0.0314. The van der Waals surface area contributed by atoms with Gasteiger partial charge in [0.1, 0.15) is 0 Å². The maximum absolute atomic E-state index is 12.5. The predicted octanol–water partition coefficient (Wildman–Crippen LogP) is 3.86. The topological polar surface area (TPSA) is 41.1 Å².